The van der Waals surface area contributed by atoms with Crippen LogP contribution in [0, 0.1) is 0 Å². The predicted molar refractivity (Wildman–Crippen MR) is 102 cm³/mol. The fraction of sp³-hybridized carbons (Fsp3) is 0.526. The summed E-state index contributed by atoms with van der Waals surface area (Å²) in [4.78, 5) is 14.3. The first-order valence-electron chi connectivity index (χ1n) is 8.84. The Bertz CT molecular complexity index is 786. The van der Waals surface area contributed by atoms with Crippen molar-refractivity contribution in [2.45, 2.75) is 57.2 Å². The van der Waals surface area contributed by atoms with E-state index in [0.29, 0.717) is 23.5 Å². The van der Waals surface area contributed by atoms with Crippen LogP contribution in [0.1, 0.15) is 34.6 Å². The molecule has 1 unspecified atom stereocenters. The normalized spacial score (nSPS) is 19.3. The Morgan fingerprint density at radius 2 is 2.00 bits per heavy atom. The van der Waals surface area contributed by atoms with Gasteiger partial charge in [0.2, 0.25) is 5.89 Å². The molecule has 7 nitrogen and oxygen atoms in total. The molecular formula is C19H25N3O4S. The van der Waals surface area contributed by atoms with E-state index in [2.05, 4.69) is 10.2 Å². The van der Waals surface area contributed by atoms with Crippen LogP contribution in [-0.2, 0) is 9.47 Å². The molecule has 1 saturated heterocycles. The molecule has 1 aliphatic heterocycles. The zero-order chi connectivity index (χ0) is 19.7. The highest BCUT2D eigenvalue weighted by atomic mass is 32.2. The Morgan fingerprint density at radius 3 is 2.67 bits per heavy atom. The van der Waals surface area contributed by atoms with Crippen LogP contribution in [-0.4, -0.2) is 50.9 Å². The highest BCUT2D eigenvalue weighted by Gasteiger charge is 2.45. The van der Waals surface area contributed by atoms with Crippen molar-refractivity contribution >= 4 is 17.9 Å². The molecule has 1 aromatic heterocycles. The lowest BCUT2D eigenvalue weighted by Crippen LogP contribution is -2.50. The van der Waals surface area contributed by atoms with Gasteiger partial charge in [0.15, 0.2) is 0 Å². The van der Waals surface area contributed by atoms with Gasteiger partial charge in [0, 0.05) is 11.3 Å². The van der Waals surface area contributed by atoms with Crippen molar-refractivity contribution < 1.29 is 18.7 Å². The predicted octanol–water partition coefficient (Wildman–Crippen LogP) is 4.20. The van der Waals surface area contributed by atoms with Crippen molar-refractivity contribution in [1.82, 2.24) is 15.1 Å². The molecule has 146 valence electrons. The third-order valence-electron chi connectivity index (χ3n) is 3.99. The van der Waals surface area contributed by atoms with E-state index in [4.69, 9.17) is 13.9 Å². The summed E-state index contributed by atoms with van der Waals surface area (Å²) in [5.41, 5.74) is -0.417. The van der Waals surface area contributed by atoms with Crippen LogP contribution in [0.15, 0.2) is 40.0 Å². The van der Waals surface area contributed by atoms with E-state index in [1.54, 1.807) is 4.90 Å². The Hall–Kier alpha value is -2.06. The van der Waals surface area contributed by atoms with Gasteiger partial charge in [-0.3, -0.25) is 4.90 Å². The van der Waals surface area contributed by atoms with Crippen molar-refractivity contribution in [2.75, 3.05) is 12.4 Å². The number of hydrogen-bond donors (Lipinski definition) is 0. The molecule has 0 aliphatic carbocycles. The van der Waals surface area contributed by atoms with Crippen molar-refractivity contribution in [1.29, 1.82) is 0 Å². The van der Waals surface area contributed by atoms with Crippen LogP contribution in [0.2, 0.25) is 0 Å². The van der Waals surface area contributed by atoms with Crippen LogP contribution in [0.25, 0.3) is 11.5 Å². The number of carbonyl (C=O) groups is 1. The van der Waals surface area contributed by atoms with Gasteiger partial charge in [-0.2, -0.15) is 0 Å². The van der Waals surface area contributed by atoms with Crippen LogP contribution in [0.5, 0.6) is 0 Å². The molecule has 0 bridgehead atoms. The fourth-order valence-electron chi connectivity index (χ4n) is 2.82. The minimum absolute atomic E-state index is 0.146. The molecular weight excluding hydrogens is 366 g/mol. The molecule has 0 spiro atoms. The second-order valence-corrected chi connectivity index (χ2v) is 8.78. The van der Waals surface area contributed by atoms with Crippen LogP contribution < -0.4 is 0 Å². The molecule has 1 fully saturated rings. The van der Waals surface area contributed by atoms with Gasteiger partial charge in [-0.25, -0.2) is 4.79 Å². The third-order valence-corrected chi connectivity index (χ3v) is 4.95. The molecule has 2 heterocycles. The van der Waals surface area contributed by atoms with Gasteiger partial charge in [0.05, 0.1) is 12.6 Å². The Morgan fingerprint density at radius 1 is 1.30 bits per heavy atom. The maximum atomic E-state index is 12.7. The summed E-state index contributed by atoms with van der Waals surface area (Å²) in [5.74, 6) is 1.05. The zero-order valence-electron chi connectivity index (χ0n) is 16.3. The number of rotatable bonds is 4. The van der Waals surface area contributed by atoms with E-state index in [9.17, 15) is 4.79 Å². The van der Waals surface area contributed by atoms with Crippen molar-refractivity contribution in [3.63, 3.8) is 0 Å². The van der Waals surface area contributed by atoms with Gasteiger partial charge in [0.25, 0.3) is 5.22 Å². The molecule has 0 saturated carbocycles. The fourth-order valence-corrected chi connectivity index (χ4v) is 3.64. The molecule has 1 aliphatic rings. The highest BCUT2D eigenvalue weighted by Crippen LogP contribution is 2.32. The smallest absolute Gasteiger partial charge is 0.412 e. The molecule has 8 heteroatoms. The number of nitrogens with zero attached hydrogens (tertiary/aromatic N) is 3. The first-order valence-corrected chi connectivity index (χ1v) is 9.82. The van der Waals surface area contributed by atoms with E-state index in [1.807, 2.05) is 65.0 Å². The SMILES string of the molecule is CC(C)(C)OC(=O)N1C(CSc2nnc(-c3ccccc3)o2)COC1(C)C. The maximum Gasteiger partial charge on any atom is 0.412 e. The van der Waals surface area contributed by atoms with Crippen LogP contribution in [0.3, 0.4) is 0 Å². The quantitative estimate of drug-likeness (QED) is 0.723. The lowest BCUT2D eigenvalue weighted by molar-refractivity contribution is -0.0617. The monoisotopic (exact) mass is 391 g/mol. The number of ether oxygens (including phenoxy) is 2. The number of aromatic nitrogens is 2. The molecule has 3 rings (SSSR count). The van der Waals surface area contributed by atoms with Gasteiger partial charge < -0.3 is 13.9 Å². The molecule has 2 aromatic rings. The van der Waals surface area contributed by atoms with Gasteiger partial charge in [-0.15, -0.1) is 10.2 Å². The lowest BCUT2D eigenvalue weighted by Gasteiger charge is -2.34. The largest absolute Gasteiger partial charge is 0.444 e. The molecule has 0 N–H and O–H groups in total. The van der Waals surface area contributed by atoms with Crippen molar-refractivity contribution in [3.05, 3.63) is 30.3 Å². The van der Waals surface area contributed by atoms with Crippen LogP contribution in [0.4, 0.5) is 4.79 Å². The summed E-state index contributed by atoms with van der Waals surface area (Å²) in [6.45, 7) is 9.70. The van der Waals surface area contributed by atoms with E-state index in [0.717, 1.165) is 5.56 Å². The maximum absolute atomic E-state index is 12.7. The summed E-state index contributed by atoms with van der Waals surface area (Å²) >= 11 is 1.40. The molecule has 1 aromatic carbocycles. The summed E-state index contributed by atoms with van der Waals surface area (Å²) in [6.07, 6.45) is -0.383. The van der Waals surface area contributed by atoms with Crippen molar-refractivity contribution in [3.8, 4) is 11.5 Å². The highest BCUT2D eigenvalue weighted by molar-refractivity contribution is 7.99. The van der Waals surface area contributed by atoms with Gasteiger partial charge in [0.1, 0.15) is 11.3 Å². The average molecular weight is 391 g/mol. The van der Waals surface area contributed by atoms with E-state index in [-0.39, 0.29) is 12.1 Å². The Kier molecular flexibility index (Phi) is 5.48. The first-order chi connectivity index (χ1) is 12.7. The van der Waals surface area contributed by atoms with Gasteiger partial charge in [-0.1, -0.05) is 30.0 Å². The summed E-state index contributed by atoms with van der Waals surface area (Å²) in [6, 6.07) is 9.46. The molecule has 27 heavy (non-hydrogen) atoms. The van der Waals surface area contributed by atoms with E-state index in [1.165, 1.54) is 11.8 Å². The second-order valence-electron chi connectivity index (χ2n) is 7.81. The minimum atomic E-state index is -0.725. The third kappa shape index (κ3) is 4.81. The van der Waals surface area contributed by atoms with Crippen LogP contribution >= 0.6 is 11.8 Å². The Balaban J connectivity index is 1.66. The summed E-state index contributed by atoms with van der Waals surface area (Å²) in [5, 5.41) is 8.64. The summed E-state index contributed by atoms with van der Waals surface area (Å²) < 4.78 is 17.1. The summed E-state index contributed by atoms with van der Waals surface area (Å²) in [7, 11) is 0. The Labute approximate surface area is 163 Å². The lowest BCUT2D eigenvalue weighted by atomic mass is 10.2. The minimum Gasteiger partial charge on any atom is -0.444 e. The van der Waals surface area contributed by atoms with Crippen molar-refractivity contribution in [2.24, 2.45) is 0 Å². The van der Waals surface area contributed by atoms with Gasteiger partial charge in [-0.05, 0) is 46.8 Å². The van der Waals surface area contributed by atoms with E-state index >= 15 is 0 Å². The second kappa shape index (κ2) is 7.52. The molecule has 1 amide bonds. The number of amides is 1. The first kappa shape index (κ1) is 19.7. The standard InChI is InChI=1S/C19H25N3O4S/c1-18(2,3)26-17(23)22-14(11-24-19(22,4)5)12-27-16-21-20-15(25-16)13-9-7-6-8-10-13/h6-10,14H,11-12H2,1-5H3. The van der Waals surface area contributed by atoms with Gasteiger partial charge >= 0.3 is 6.09 Å². The zero-order valence-corrected chi connectivity index (χ0v) is 17.1. The topological polar surface area (TPSA) is 77.7 Å². The number of benzene rings is 1. The molecule has 0 radical (unpaired) electrons. The number of carbonyl (C=O) groups excluding carboxylic acids is 1. The number of thioether (sulfide) groups is 1. The molecule has 1 atom stereocenters. The average Bonchev–Trinajstić information content (AvgIpc) is 3.16. The number of hydrogen-bond acceptors (Lipinski definition) is 7. The van der Waals surface area contributed by atoms with E-state index < -0.39 is 11.3 Å².